The second kappa shape index (κ2) is 3.18. The smallest absolute Gasteiger partial charge is 0.306 e. The minimum atomic E-state index is -1.42. The SMILES string of the molecule is Cc1oncc1C(C)(O)CC(=O)O. The predicted molar refractivity (Wildman–Crippen MR) is 43.1 cm³/mol. The van der Waals surface area contributed by atoms with Crippen LogP contribution in [0.4, 0.5) is 0 Å². The first kappa shape index (κ1) is 9.73. The first-order chi connectivity index (χ1) is 5.93. The molecule has 0 fully saturated rings. The van der Waals surface area contributed by atoms with Gasteiger partial charge in [0.15, 0.2) is 0 Å². The third-order valence-electron chi connectivity index (χ3n) is 1.83. The largest absolute Gasteiger partial charge is 0.481 e. The lowest BCUT2D eigenvalue weighted by molar-refractivity contribution is -0.142. The van der Waals surface area contributed by atoms with Crippen LogP contribution in [0.1, 0.15) is 24.7 Å². The van der Waals surface area contributed by atoms with E-state index in [1.807, 2.05) is 0 Å². The topological polar surface area (TPSA) is 83.6 Å². The van der Waals surface area contributed by atoms with Gasteiger partial charge < -0.3 is 14.7 Å². The fourth-order valence-electron chi connectivity index (χ4n) is 1.21. The van der Waals surface area contributed by atoms with Gasteiger partial charge in [0.25, 0.3) is 0 Å². The molecule has 1 unspecified atom stereocenters. The van der Waals surface area contributed by atoms with Crippen LogP contribution in [-0.4, -0.2) is 21.3 Å². The van der Waals surface area contributed by atoms with Crippen molar-refractivity contribution in [2.75, 3.05) is 0 Å². The van der Waals surface area contributed by atoms with Crippen LogP contribution >= 0.6 is 0 Å². The minimum Gasteiger partial charge on any atom is -0.481 e. The number of carboxylic acids is 1. The van der Waals surface area contributed by atoms with E-state index in [4.69, 9.17) is 9.63 Å². The third kappa shape index (κ3) is 2.06. The Morgan fingerprint density at radius 2 is 2.38 bits per heavy atom. The van der Waals surface area contributed by atoms with Crippen LogP contribution in [0.25, 0.3) is 0 Å². The first-order valence-corrected chi connectivity index (χ1v) is 3.79. The molecule has 1 atom stereocenters. The number of aliphatic carboxylic acids is 1. The monoisotopic (exact) mass is 185 g/mol. The van der Waals surface area contributed by atoms with Crippen LogP contribution in [0.15, 0.2) is 10.7 Å². The van der Waals surface area contributed by atoms with Crippen molar-refractivity contribution in [2.45, 2.75) is 25.9 Å². The molecular formula is C8H11NO4. The first-order valence-electron chi connectivity index (χ1n) is 3.79. The van der Waals surface area contributed by atoms with Crippen LogP contribution in [0.3, 0.4) is 0 Å². The molecule has 0 radical (unpaired) electrons. The highest BCUT2D eigenvalue weighted by Gasteiger charge is 2.30. The van der Waals surface area contributed by atoms with Gasteiger partial charge >= 0.3 is 5.97 Å². The van der Waals surface area contributed by atoms with Crippen molar-refractivity contribution in [1.29, 1.82) is 0 Å². The summed E-state index contributed by atoms with van der Waals surface area (Å²) in [5, 5.41) is 21.7. The van der Waals surface area contributed by atoms with Crippen molar-refractivity contribution in [3.8, 4) is 0 Å². The summed E-state index contributed by atoms with van der Waals surface area (Å²) in [5.41, 5.74) is -1.01. The summed E-state index contributed by atoms with van der Waals surface area (Å²) in [7, 11) is 0. The van der Waals surface area contributed by atoms with Gasteiger partial charge in [0, 0.05) is 5.56 Å². The molecule has 0 amide bonds. The summed E-state index contributed by atoms with van der Waals surface area (Å²) in [6.45, 7) is 3.04. The molecule has 5 heteroatoms. The van der Waals surface area contributed by atoms with E-state index in [1.165, 1.54) is 13.1 Å². The maximum absolute atomic E-state index is 10.4. The Labute approximate surface area is 75.0 Å². The standard InChI is InChI=1S/C8H11NO4/c1-5-6(4-9-13-5)8(2,12)3-7(10)11/h4,12H,3H2,1-2H3,(H,10,11). The van der Waals surface area contributed by atoms with Crippen LogP contribution in [0.2, 0.25) is 0 Å². The third-order valence-corrected chi connectivity index (χ3v) is 1.83. The number of aliphatic hydroxyl groups is 1. The summed E-state index contributed by atoms with van der Waals surface area (Å²) in [6.07, 6.45) is 0.966. The normalized spacial score (nSPS) is 15.3. The van der Waals surface area contributed by atoms with Crippen LogP contribution in [0, 0.1) is 6.92 Å². The van der Waals surface area contributed by atoms with Crippen LogP contribution in [0.5, 0.6) is 0 Å². The zero-order valence-corrected chi connectivity index (χ0v) is 7.44. The molecule has 1 rings (SSSR count). The number of nitrogens with zero attached hydrogens (tertiary/aromatic N) is 1. The molecule has 72 valence electrons. The number of hydrogen-bond donors (Lipinski definition) is 2. The number of hydrogen-bond acceptors (Lipinski definition) is 4. The fraction of sp³-hybridized carbons (Fsp3) is 0.500. The molecule has 1 aromatic rings. The average molecular weight is 185 g/mol. The lowest BCUT2D eigenvalue weighted by Gasteiger charge is -2.19. The highest BCUT2D eigenvalue weighted by atomic mass is 16.5. The Bertz CT molecular complexity index is 316. The molecule has 0 bridgehead atoms. The highest BCUT2D eigenvalue weighted by molar-refractivity contribution is 5.68. The molecule has 2 N–H and O–H groups in total. The maximum atomic E-state index is 10.4. The molecule has 13 heavy (non-hydrogen) atoms. The van der Waals surface area contributed by atoms with Gasteiger partial charge in [-0.1, -0.05) is 5.16 Å². The molecule has 0 aliphatic heterocycles. The van der Waals surface area contributed by atoms with E-state index in [9.17, 15) is 9.90 Å². The Morgan fingerprint density at radius 3 is 2.77 bits per heavy atom. The van der Waals surface area contributed by atoms with E-state index in [2.05, 4.69) is 5.16 Å². The second-order valence-electron chi connectivity index (χ2n) is 3.14. The molecule has 0 aliphatic carbocycles. The summed E-state index contributed by atoms with van der Waals surface area (Å²) >= 11 is 0. The van der Waals surface area contributed by atoms with E-state index in [0.717, 1.165) is 0 Å². The fourth-order valence-corrected chi connectivity index (χ4v) is 1.21. The summed E-state index contributed by atoms with van der Waals surface area (Å²) < 4.78 is 4.73. The Balaban J connectivity index is 2.93. The lowest BCUT2D eigenvalue weighted by Crippen LogP contribution is -2.25. The maximum Gasteiger partial charge on any atom is 0.306 e. The predicted octanol–water partition coefficient (Wildman–Crippen LogP) is 0.665. The van der Waals surface area contributed by atoms with Crippen molar-refractivity contribution >= 4 is 5.97 Å². The molecule has 5 nitrogen and oxygen atoms in total. The molecule has 0 spiro atoms. The van der Waals surface area contributed by atoms with Gasteiger partial charge in [-0.15, -0.1) is 0 Å². The van der Waals surface area contributed by atoms with E-state index in [1.54, 1.807) is 6.92 Å². The summed E-state index contributed by atoms with van der Waals surface area (Å²) in [5.74, 6) is -0.628. The highest BCUT2D eigenvalue weighted by Crippen LogP contribution is 2.26. The Hall–Kier alpha value is -1.36. The number of rotatable bonds is 3. The molecule has 1 heterocycles. The zero-order chi connectivity index (χ0) is 10.1. The van der Waals surface area contributed by atoms with Crippen LogP contribution in [-0.2, 0) is 10.4 Å². The van der Waals surface area contributed by atoms with Gasteiger partial charge in [-0.3, -0.25) is 4.79 Å². The zero-order valence-electron chi connectivity index (χ0n) is 7.44. The molecule has 0 aliphatic rings. The molecule has 1 aromatic heterocycles. The van der Waals surface area contributed by atoms with Crippen LogP contribution < -0.4 is 0 Å². The van der Waals surface area contributed by atoms with Crippen molar-refractivity contribution < 1.29 is 19.5 Å². The molecule has 0 aromatic carbocycles. The molecule has 0 saturated carbocycles. The number of aryl methyl sites for hydroxylation is 1. The van der Waals surface area contributed by atoms with Crippen molar-refractivity contribution in [1.82, 2.24) is 5.16 Å². The second-order valence-corrected chi connectivity index (χ2v) is 3.14. The van der Waals surface area contributed by atoms with E-state index < -0.39 is 11.6 Å². The molecule has 0 saturated heterocycles. The van der Waals surface area contributed by atoms with E-state index in [-0.39, 0.29) is 6.42 Å². The van der Waals surface area contributed by atoms with Gasteiger partial charge in [0.2, 0.25) is 0 Å². The Morgan fingerprint density at radius 1 is 1.77 bits per heavy atom. The van der Waals surface area contributed by atoms with Gasteiger partial charge in [-0.05, 0) is 13.8 Å². The van der Waals surface area contributed by atoms with Crippen molar-refractivity contribution in [3.63, 3.8) is 0 Å². The van der Waals surface area contributed by atoms with Crippen molar-refractivity contribution in [3.05, 3.63) is 17.5 Å². The van der Waals surface area contributed by atoms with Gasteiger partial charge in [0.1, 0.15) is 11.4 Å². The average Bonchev–Trinajstić information content (AvgIpc) is 2.32. The minimum absolute atomic E-state index is 0.366. The number of carbonyl (C=O) groups is 1. The lowest BCUT2D eigenvalue weighted by atomic mass is 9.94. The van der Waals surface area contributed by atoms with E-state index in [0.29, 0.717) is 11.3 Å². The summed E-state index contributed by atoms with van der Waals surface area (Å²) in [4.78, 5) is 10.4. The number of aromatic nitrogens is 1. The van der Waals surface area contributed by atoms with Gasteiger partial charge in [-0.25, -0.2) is 0 Å². The van der Waals surface area contributed by atoms with Gasteiger partial charge in [0.05, 0.1) is 12.6 Å². The molecular weight excluding hydrogens is 174 g/mol. The van der Waals surface area contributed by atoms with E-state index >= 15 is 0 Å². The van der Waals surface area contributed by atoms with Gasteiger partial charge in [-0.2, -0.15) is 0 Å². The quantitative estimate of drug-likeness (QED) is 0.722. The number of carboxylic acid groups (broad SMARTS) is 1. The Kier molecular flexibility index (Phi) is 2.38. The van der Waals surface area contributed by atoms with Crippen molar-refractivity contribution in [2.24, 2.45) is 0 Å². The summed E-state index contributed by atoms with van der Waals surface area (Å²) in [6, 6.07) is 0.